The minimum absolute atomic E-state index is 0.0455. The maximum absolute atomic E-state index is 13.0. The van der Waals surface area contributed by atoms with Gasteiger partial charge in [-0.05, 0) is 48.0 Å². The van der Waals surface area contributed by atoms with Crippen LogP contribution >= 0.6 is 0 Å². The Kier molecular flexibility index (Phi) is 7.37. The zero-order chi connectivity index (χ0) is 22.9. The summed E-state index contributed by atoms with van der Waals surface area (Å²) in [5, 5.41) is 5.40. The van der Waals surface area contributed by atoms with Crippen molar-refractivity contribution in [2.75, 3.05) is 19.5 Å². The van der Waals surface area contributed by atoms with E-state index in [9.17, 15) is 14.4 Å². The van der Waals surface area contributed by atoms with Gasteiger partial charge in [0.2, 0.25) is 0 Å². The number of esters is 1. The van der Waals surface area contributed by atoms with E-state index in [0.717, 1.165) is 5.56 Å². The molecule has 0 heterocycles. The molecule has 0 atom stereocenters. The normalized spacial score (nSPS) is 10.8. The van der Waals surface area contributed by atoms with Crippen molar-refractivity contribution in [3.63, 3.8) is 0 Å². The lowest BCUT2D eigenvalue weighted by molar-refractivity contribution is -0.113. The van der Waals surface area contributed by atoms with Crippen molar-refractivity contribution in [3.8, 4) is 5.75 Å². The number of ether oxygens (including phenoxy) is 2. The van der Waals surface area contributed by atoms with Crippen molar-refractivity contribution in [2.45, 2.75) is 0 Å². The Balaban J connectivity index is 1.86. The van der Waals surface area contributed by atoms with Gasteiger partial charge in [0, 0.05) is 5.69 Å². The van der Waals surface area contributed by atoms with Crippen LogP contribution in [-0.4, -0.2) is 32.0 Å². The Morgan fingerprint density at radius 3 is 2.12 bits per heavy atom. The van der Waals surface area contributed by atoms with Crippen LogP contribution in [0.4, 0.5) is 5.69 Å². The molecular weight excluding hydrogens is 408 g/mol. The van der Waals surface area contributed by atoms with Crippen LogP contribution in [0, 0.1) is 0 Å². The van der Waals surface area contributed by atoms with Gasteiger partial charge in [0.05, 0.1) is 25.3 Å². The number of para-hydroxylation sites is 1. The van der Waals surface area contributed by atoms with E-state index >= 15 is 0 Å². The molecule has 0 bridgehead atoms. The van der Waals surface area contributed by atoms with Crippen LogP contribution in [0.5, 0.6) is 5.75 Å². The predicted octanol–water partition coefficient (Wildman–Crippen LogP) is 3.89. The number of methoxy groups -OCH3 is 2. The van der Waals surface area contributed by atoms with Crippen LogP contribution in [0.1, 0.15) is 26.3 Å². The molecule has 0 aliphatic carbocycles. The lowest BCUT2D eigenvalue weighted by Gasteiger charge is -2.13. The fraction of sp³-hybridized carbons (Fsp3) is 0.0800. The van der Waals surface area contributed by atoms with E-state index in [4.69, 9.17) is 4.74 Å². The van der Waals surface area contributed by atoms with Crippen molar-refractivity contribution in [2.24, 2.45) is 0 Å². The summed E-state index contributed by atoms with van der Waals surface area (Å²) in [5.74, 6) is -1.09. The first-order chi connectivity index (χ1) is 15.5. The van der Waals surface area contributed by atoms with Gasteiger partial charge < -0.3 is 20.1 Å². The van der Waals surface area contributed by atoms with Crippen LogP contribution in [0.3, 0.4) is 0 Å². The number of amides is 2. The van der Waals surface area contributed by atoms with Gasteiger partial charge in [0.15, 0.2) is 0 Å². The first kappa shape index (κ1) is 22.3. The number of rotatable bonds is 7. The number of anilines is 1. The fourth-order valence-corrected chi connectivity index (χ4v) is 2.90. The first-order valence-electron chi connectivity index (χ1n) is 9.72. The van der Waals surface area contributed by atoms with Crippen molar-refractivity contribution in [1.29, 1.82) is 0 Å². The lowest BCUT2D eigenvalue weighted by atomic mass is 10.1. The van der Waals surface area contributed by atoms with Gasteiger partial charge in [0.1, 0.15) is 11.4 Å². The Bertz CT molecular complexity index is 1140. The highest BCUT2D eigenvalue weighted by Gasteiger charge is 2.18. The second kappa shape index (κ2) is 10.6. The molecule has 0 unspecified atom stereocenters. The largest absolute Gasteiger partial charge is 0.496 e. The number of hydrogen-bond acceptors (Lipinski definition) is 5. The second-order valence-electron chi connectivity index (χ2n) is 6.65. The molecule has 0 radical (unpaired) electrons. The summed E-state index contributed by atoms with van der Waals surface area (Å²) in [6.45, 7) is 0. The molecule has 0 saturated carbocycles. The molecule has 162 valence electrons. The molecule has 0 aliphatic rings. The van der Waals surface area contributed by atoms with Crippen LogP contribution in [0.15, 0.2) is 84.6 Å². The summed E-state index contributed by atoms with van der Waals surface area (Å²) in [5.41, 5.74) is 1.88. The minimum atomic E-state index is -0.525. The monoisotopic (exact) mass is 430 g/mol. The molecule has 2 amide bonds. The topological polar surface area (TPSA) is 93.7 Å². The standard InChI is InChI=1S/C25H22N2O5/c1-31-22-11-7-6-10-20(22)23(28)27-21(16-17-8-4-3-5-9-17)24(29)26-19-14-12-18(13-15-19)25(30)32-2/h3-16H,1-2H3,(H,26,29)(H,27,28). The quantitative estimate of drug-likeness (QED) is 0.438. The molecule has 32 heavy (non-hydrogen) atoms. The van der Waals surface area contributed by atoms with Crippen LogP contribution in [0.25, 0.3) is 6.08 Å². The third-order valence-corrected chi connectivity index (χ3v) is 4.52. The molecule has 3 aromatic rings. The summed E-state index contributed by atoms with van der Waals surface area (Å²) in [4.78, 5) is 37.5. The maximum Gasteiger partial charge on any atom is 0.337 e. The average Bonchev–Trinajstić information content (AvgIpc) is 2.84. The molecule has 0 spiro atoms. The van der Waals surface area contributed by atoms with Gasteiger partial charge in [-0.15, -0.1) is 0 Å². The van der Waals surface area contributed by atoms with Gasteiger partial charge in [0.25, 0.3) is 11.8 Å². The van der Waals surface area contributed by atoms with Gasteiger partial charge in [-0.3, -0.25) is 9.59 Å². The van der Waals surface area contributed by atoms with E-state index in [0.29, 0.717) is 22.6 Å². The van der Waals surface area contributed by atoms with E-state index in [2.05, 4.69) is 15.4 Å². The lowest BCUT2D eigenvalue weighted by Crippen LogP contribution is -2.31. The minimum Gasteiger partial charge on any atom is -0.496 e. The Morgan fingerprint density at radius 2 is 1.47 bits per heavy atom. The smallest absolute Gasteiger partial charge is 0.337 e. The SMILES string of the molecule is COC(=O)c1ccc(NC(=O)C(=Cc2ccccc2)NC(=O)c2ccccc2OC)cc1. The number of nitrogens with one attached hydrogen (secondary N) is 2. The van der Waals surface area contributed by atoms with Crippen molar-refractivity contribution in [3.05, 3.63) is 101 Å². The van der Waals surface area contributed by atoms with Crippen molar-refractivity contribution in [1.82, 2.24) is 5.32 Å². The summed E-state index contributed by atoms with van der Waals surface area (Å²) >= 11 is 0. The molecule has 0 fully saturated rings. The van der Waals surface area contributed by atoms with Gasteiger partial charge in [-0.1, -0.05) is 42.5 Å². The molecule has 0 aromatic heterocycles. The fourth-order valence-electron chi connectivity index (χ4n) is 2.90. The number of hydrogen-bond donors (Lipinski definition) is 2. The molecule has 3 aromatic carbocycles. The van der Waals surface area contributed by atoms with Gasteiger partial charge >= 0.3 is 5.97 Å². The number of carbonyl (C=O) groups excluding carboxylic acids is 3. The summed E-state index contributed by atoms with van der Waals surface area (Å²) in [6, 6.07) is 22.1. The molecule has 7 heteroatoms. The molecule has 7 nitrogen and oxygen atoms in total. The Labute approximate surface area is 185 Å². The summed E-state index contributed by atoms with van der Waals surface area (Å²) < 4.78 is 9.92. The highest BCUT2D eigenvalue weighted by molar-refractivity contribution is 6.11. The van der Waals surface area contributed by atoms with Crippen LogP contribution in [0.2, 0.25) is 0 Å². The third kappa shape index (κ3) is 5.60. The van der Waals surface area contributed by atoms with Crippen LogP contribution in [-0.2, 0) is 9.53 Å². The van der Waals surface area contributed by atoms with E-state index in [1.54, 1.807) is 42.5 Å². The Morgan fingerprint density at radius 1 is 0.812 bits per heavy atom. The van der Waals surface area contributed by atoms with E-state index in [-0.39, 0.29) is 5.70 Å². The van der Waals surface area contributed by atoms with Gasteiger partial charge in [-0.25, -0.2) is 4.79 Å². The van der Waals surface area contributed by atoms with E-state index < -0.39 is 17.8 Å². The second-order valence-corrected chi connectivity index (χ2v) is 6.65. The average molecular weight is 430 g/mol. The zero-order valence-electron chi connectivity index (χ0n) is 17.6. The summed E-state index contributed by atoms with van der Waals surface area (Å²) in [6.07, 6.45) is 1.57. The molecule has 0 aliphatic heterocycles. The van der Waals surface area contributed by atoms with Crippen LogP contribution < -0.4 is 15.4 Å². The predicted molar refractivity (Wildman–Crippen MR) is 121 cm³/mol. The molecular formula is C25H22N2O5. The molecule has 2 N–H and O–H groups in total. The summed E-state index contributed by atoms with van der Waals surface area (Å²) in [7, 11) is 2.76. The maximum atomic E-state index is 13.0. The zero-order valence-corrected chi connectivity index (χ0v) is 17.6. The highest BCUT2D eigenvalue weighted by Crippen LogP contribution is 2.18. The van der Waals surface area contributed by atoms with Crippen molar-refractivity contribution < 1.29 is 23.9 Å². The molecule has 3 rings (SSSR count). The van der Waals surface area contributed by atoms with E-state index in [1.807, 2.05) is 30.3 Å². The van der Waals surface area contributed by atoms with E-state index in [1.165, 1.54) is 26.4 Å². The number of carbonyl (C=O) groups is 3. The molecule has 0 saturated heterocycles. The van der Waals surface area contributed by atoms with Gasteiger partial charge in [-0.2, -0.15) is 0 Å². The Hall–Kier alpha value is -4.39. The number of benzene rings is 3. The highest BCUT2D eigenvalue weighted by atomic mass is 16.5. The first-order valence-corrected chi connectivity index (χ1v) is 9.72. The third-order valence-electron chi connectivity index (χ3n) is 4.52. The van der Waals surface area contributed by atoms with Crippen molar-refractivity contribution >= 4 is 29.5 Å².